The van der Waals surface area contributed by atoms with Crippen molar-refractivity contribution in [3.8, 4) is 10.7 Å². The lowest BCUT2D eigenvalue weighted by Crippen LogP contribution is -1.92. The molecule has 0 N–H and O–H groups in total. The SMILES string of the molecule is Cc1cc(-c2nc(Cl)c3cc(Br)c(F)cc3n2)sc1C. The Labute approximate surface area is 132 Å². The second kappa shape index (κ2) is 5.06. The van der Waals surface area contributed by atoms with E-state index in [-0.39, 0.29) is 5.82 Å². The zero-order valence-electron chi connectivity index (χ0n) is 10.7. The molecule has 3 aromatic rings. The minimum Gasteiger partial charge on any atom is -0.227 e. The van der Waals surface area contributed by atoms with Crippen molar-refractivity contribution < 1.29 is 4.39 Å². The average molecular weight is 372 g/mol. The van der Waals surface area contributed by atoms with Crippen LogP contribution in [0.2, 0.25) is 5.15 Å². The van der Waals surface area contributed by atoms with Crippen LogP contribution in [0, 0.1) is 19.7 Å². The van der Waals surface area contributed by atoms with E-state index >= 15 is 0 Å². The third-order valence-corrected chi connectivity index (χ3v) is 5.12. The fraction of sp³-hybridized carbons (Fsp3) is 0.143. The smallest absolute Gasteiger partial charge is 0.171 e. The van der Waals surface area contributed by atoms with Crippen LogP contribution in [0.15, 0.2) is 22.7 Å². The molecule has 1 aromatic carbocycles. The Hall–Kier alpha value is -1.04. The molecule has 0 amide bonds. The Bertz CT molecular complexity index is 812. The van der Waals surface area contributed by atoms with Gasteiger partial charge in [-0.25, -0.2) is 14.4 Å². The van der Waals surface area contributed by atoms with Crippen LogP contribution >= 0.6 is 38.9 Å². The first-order valence-electron chi connectivity index (χ1n) is 5.85. The van der Waals surface area contributed by atoms with Gasteiger partial charge in [0.25, 0.3) is 0 Å². The highest BCUT2D eigenvalue weighted by Gasteiger charge is 2.13. The molecule has 2 nitrogen and oxygen atoms in total. The van der Waals surface area contributed by atoms with Crippen molar-refractivity contribution >= 4 is 49.8 Å². The largest absolute Gasteiger partial charge is 0.227 e. The first-order valence-corrected chi connectivity index (χ1v) is 7.84. The van der Waals surface area contributed by atoms with E-state index in [9.17, 15) is 4.39 Å². The highest BCUT2D eigenvalue weighted by molar-refractivity contribution is 9.10. The molecule has 0 aliphatic heterocycles. The van der Waals surface area contributed by atoms with Crippen molar-refractivity contribution in [3.63, 3.8) is 0 Å². The molecule has 0 spiro atoms. The van der Waals surface area contributed by atoms with Gasteiger partial charge in [-0.3, -0.25) is 0 Å². The summed E-state index contributed by atoms with van der Waals surface area (Å²) in [7, 11) is 0. The molecule has 0 aliphatic rings. The van der Waals surface area contributed by atoms with E-state index in [1.54, 1.807) is 17.4 Å². The van der Waals surface area contributed by atoms with E-state index in [2.05, 4.69) is 25.9 Å². The summed E-state index contributed by atoms with van der Waals surface area (Å²) in [5, 5.41) is 0.961. The lowest BCUT2D eigenvalue weighted by Gasteiger charge is -2.04. The van der Waals surface area contributed by atoms with Crippen molar-refractivity contribution in [1.82, 2.24) is 9.97 Å². The minimum atomic E-state index is -0.364. The molecule has 0 fully saturated rings. The van der Waals surface area contributed by atoms with Crippen molar-refractivity contribution in [1.29, 1.82) is 0 Å². The zero-order chi connectivity index (χ0) is 14.4. The molecule has 0 bridgehead atoms. The van der Waals surface area contributed by atoms with E-state index in [0.29, 0.717) is 26.4 Å². The Balaban J connectivity index is 2.26. The molecule has 102 valence electrons. The van der Waals surface area contributed by atoms with Gasteiger partial charge in [0.15, 0.2) is 5.82 Å². The summed E-state index contributed by atoms with van der Waals surface area (Å²) in [6.07, 6.45) is 0. The van der Waals surface area contributed by atoms with Crippen LogP contribution in [0.4, 0.5) is 4.39 Å². The lowest BCUT2D eigenvalue weighted by molar-refractivity contribution is 0.623. The zero-order valence-corrected chi connectivity index (χ0v) is 13.8. The van der Waals surface area contributed by atoms with Crippen LogP contribution in [0.5, 0.6) is 0 Å². The summed E-state index contributed by atoms with van der Waals surface area (Å²) < 4.78 is 14.0. The molecule has 2 heterocycles. The number of fused-ring (bicyclic) bond motifs is 1. The van der Waals surface area contributed by atoms with Crippen LogP contribution in [0.1, 0.15) is 10.4 Å². The standard InChI is InChI=1S/C14H9BrClFN2S/c1-6-3-12(20-7(6)2)14-18-11-5-10(17)9(15)4-8(11)13(16)19-14/h3-5H,1-2H3. The van der Waals surface area contributed by atoms with Gasteiger partial charge in [0, 0.05) is 16.3 Å². The molecular formula is C14H9BrClFN2S. The van der Waals surface area contributed by atoms with Crippen molar-refractivity contribution in [2.75, 3.05) is 0 Å². The van der Waals surface area contributed by atoms with Crippen LogP contribution in [0.25, 0.3) is 21.6 Å². The average Bonchev–Trinajstić information content (AvgIpc) is 2.72. The van der Waals surface area contributed by atoms with Crippen LogP contribution in [-0.2, 0) is 0 Å². The number of hydrogen-bond donors (Lipinski definition) is 0. The number of benzene rings is 1. The molecule has 0 saturated heterocycles. The molecule has 3 rings (SSSR count). The normalized spacial score (nSPS) is 11.2. The highest BCUT2D eigenvalue weighted by atomic mass is 79.9. The van der Waals surface area contributed by atoms with Crippen molar-refractivity contribution in [3.05, 3.63) is 44.1 Å². The number of halogens is 3. The van der Waals surface area contributed by atoms with Gasteiger partial charge in [0.05, 0.1) is 14.9 Å². The molecule has 0 unspecified atom stereocenters. The molecule has 0 saturated carbocycles. The fourth-order valence-corrected chi connectivity index (χ4v) is 3.42. The van der Waals surface area contributed by atoms with Gasteiger partial charge in [-0.15, -0.1) is 11.3 Å². The molecular weight excluding hydrogens is 363 g/mol. The predicted molar refractivity (Wildman–Crippen MR) is 85.0 cm³/mol. The number of thiophene rings is 1. The van der Waals surface area contributed by atoms with E-state index in [4.69, 9.17) is 11.6 Å². The summed E-state index contributed by atoms with van der Waals surface area (Å²) in [5.74, 6) is 0.169. The Morgan fingerprint density at radius 2 is 1.95 bits per heavy atom. The van der Waals surface area contributed by atoms with Crippen LogP contribution < -0.4 is 0 Å². The molecule has 0 radical (unpaired) electrons. The van der Waals surface area contributed by atoms with Gasteiger partial charge in [-0.2, -0.15) is 0 Å². The minimum absolute atomic E-state index is 0.328. The number of aryl methyl sites for hydroxylation is 2. The molecule has 6 heteroatoms. The Morgan fingerprint density at radius 3 is 2.60 bits per heavy atom. The number of aromatic nitrogens is 2. The van der Waals surface area contributed by atoms with E-state index in [1.807, 2.05) is 19.9 Å². The van der Waals surface area contributed by atoms with Gasteiger partial charge in [0.1, 0.15) is 11.0 Å². The molecule has 0 atom stereocenters. The highest BCUT2D eigenvalue weighted by Crippen LogP contribution is 2.32. The predicted octanol–water partition coefficient (Wildman–Crippen LogP) is 5.53. The van der Waals surface area contributed by atoms with Gasteiger partial charge in [-0.1, -0.05) is 11.6 Å². The number of hydrogen-bond acceptors (Lipinski definition) is 3. The van der Waals surface area contributed by atoms with E-state index in [0.717, 1.165) is 4.88 Å². The van der Waals surface area contributed by atoms with Crippen LogP contribution in [-0.4, -0.2) is 9.97 Å². The van der Waals surface area contributed by atoms with Gasteiger partial charge >= 0.3 is 0 Å². The second-order valence-corrected chi connectivity index (χ2v) is 6.94. The maximum absolute atomic E-state index is 13.6. The summed E-state index contributed by atoms with van der Waals surface area (Å²) in [5.41, 5.74) is 1.69. The summed E-state index contributed by atoms with van der Waals surface area (Å²) in [6, 6.07) is 4.98. The second-order valence-electron chi connectivity index (χ2n) is 4.47. The Morgan fingerprint density at radius 1 is 1.20 bits per heavy atom. The maximum atomic E-state index is 13.6. The maximum Gasteiger partial charge on any atom is 0.171 e. The van der Waals surface area contributed by atoms with Crippen molar-refractivity contribution in [2.45, 2.75) is 13.8 Å². The number of nitrogens with zero attached hydrogens (tertiary/aromatic N) is 2. The van der Waals surface area contributed by atoms with E-state index < -0.39 is 0 Å². The molecule has 0 aliphatic carbocycles. The third kappa shape index (κ3) is 2.34. The van der Waals surface area contributed by atoms with Crippen LogP contribution in [0.3, 0.4) is 0 Å². The first-order chi connectivity index (χ1) is 9.45. The first kappa shape index (κ1) is 13.9. The topological polar surface area (TPSA) is 25.8 Å². The fourth-order valence-electron chi connectivity index (χ4n) is 1.88. The summed E-state index contributed by atoms with van der Waals surface area (Å²) in [4.78, 5) is 10.9. The molecule has 20 heavy (non-hydrogen) atoms. The van der Waals surface area contributed by atoms with Gasteiger partial charge in [0.2, 0.25) is 0 Å². The number of rotatable bonds is 1. The van der Waals surface area contributed by atoms with Gasteiger partial charge < -0.3 is 0 Å². The van der Waals surface area contributed by atoms with Crippen molar-refractivity contribution in [2.24, 2.45) is 0 Å². The summed E-state index contributed by atoms with van der Waals surface area (Å²) >= 11 is 10.9. The Kier molecular flexibility index (Phi) is 3.52. The lowest BCUT2D eigenvalue weighted by atomic mass is 10.2. The quantitative estimate of drug-likeness (QED) is 0.526. The monoisotopic (exact) mass is 370 g/mol. The third-order valence-electron chi connectivity index (χ3n) is 3.08. The molecule has 2 aromatic heterocycles. The van der Waals surface area contributed by atoms with Gasteiger partial charge in [-0.05, 0) is 47.5 Å². The summed E-state index contributed by atoms with van der Waals surface area (Å²) in [6.45, 7) is 4.08. The van der Waals surface area contributed by atoms with E-state index in [1.165, 1.54) is 16.5 Å².